The van der Waals surface area contributed by atoms with Crippen LogP contribution in [-0.2, 0) is 0 Å². The molecule has 0 heteroatoms. The summed E-state index contributed by atoms with van der Waals surface area (Å²) in [4.78, 5) is 0. The summed E-state index contributed by atoms with van der Waals surface area (Å²) in [5.74, 6) is 0. The second-order valence-electron chi connectivity index (χ2n) is 2.85. The van der Waals surface area contributed by atoms with E-state index in [9.17, 15) is 0 Å². The topological polar surface area (TPSA) is 0 Å². The van der Waals surface area contributed by atoms with E-state index in [0.29, 0.717) is 0 Å². The summed E-state index contributed by atoms with van der Waals surface area (Å²) < 4.78 is 0. The number of hydrogen-bond acceptors (Lipinski definition) is 0. The molecule has 0 aliphatic heterocycles. The molecule has 0 aliphatic carbocycles. The molecule has 0 nitrogen and oxygen atoms in total. The first-order chi connectivity index (χ1) is 6.41. The smallest absolute Gasteiger partial charge is 0.0169 e. The van der Waals surface area contributed by atoms with Gasteiger partial charge in [-0.25, -0.2) is 0 Å². The van der Waals surface area contributed by atoms with Gasteiger partial charge < -0.3 is 0 Å². The van der Waals surface area contributed by atoms with Crippen LogP contribution in [0.25, 0.3) is 0 Å². The van der Waals surface area contributed by atoms with Gasteiger partial charge >= 0.3 is 0 Å². The molecule has 0 unspecified atom stereocenters. The first kappa shape index (κ1) is 12.0. The molecule has 0 amide bonds. The Morgan fingerprint density at radius 1 is 0.846 bits per heavy atom. The van der Waals surface area contributed by atoms with Crippen LogP contribution >= 0.6 is 0 Å². The predicted octanol–water partition coefficient (Wildman–Crippen LogP) is 4.42. The third-order valence-corrected chi connectivity index (χ3v) is 1.64. The molecule has 0 fully saturated rings. The van der Waals surface area contributed by atoms with E-state index in [1.165, 1.54) is 0 Å². The summed E-state index contributed by atoms with van der Waals surface area (Å²) in [5.41, 5.74) is 0. The highest BCUT2D eigenvalue weighted by Crippen LogP contribution is 1.96. The maximum atomic E-state index is 3.66. The molecule has 0 radical (unpaired) electrons. The van der Waals surface area contributed by atoms with Gasteiger partial charge in [-0.1, -0.05) is 42.5 Å². The molecular formula is C13H20. The van der Waals surface area contributed by atoms with Crippen molar-refractivity contribution in [1.82, 2.24) is 0 Å². The van der Waals surface area contributed by atoms with Gasteiger partial charge in [-0.3, -0.25) is 0 Å². The standard InChI is InChI=1S/C13H20/c1-3-5-7-9-11-13-12-10-8-6-4-2/h3-4,6-7,9-10,12H,1,5,8,11,13H2,2H3. The number of unbranched alkanes of at least 4 members (excludes halogenated alkanes) is 1. The van der Waals surface area contributed by atoms with Crippen molar-refractivity contribution in [3.63, 3.8) is 0 Å². The van der Waals surface area contributed by atoms with Gasteiger partial charge in [0.2, 0.25) is 0 Å². The Hall–Kier alpha value is -1.04. The summed E-state index contributed by atoms with van der Waals surface area (Å²) >= 11 is 0. The first-order valence-electron chi connectivity index (χ1n) is 4.94. The molecule has 13 heavy (non-hydrogen) atoms. The molecule has 0 spiro atoms. The van der Waals surface area contributed by atoms with Crippen LogP contribution in [0, 0.1) is 0 Å². The second-order valence-corrected chi connectivity index (χ2v) is 2.85. The molecule has 0 rings (SSSR count). The first-order valence-corrected chi connectivity index (χ1v) is 4.94. The molecular weight excluding hydrogens is 156 g/mol. The Bertz CT molecular complexity index is 182. The largest absolute Gasteiger partial charge is 0.103 e. The average molecular weight is 176 g/mol. The van der Waals surface area contributed by atoms with Crippen molar-refractivity contribution < 1.29 is 0 Å². The van der Waals surface area contributed by atoms with E-state index in [0.717, 1.165) is 25.7 Å². The molecule has 0 saturated carbocycles. The summed E-state index contributed by atoms with van der Waals surface area (Å²) in [6, 6.07) is 0. The van der Waals surface area contributed by atoms with Crippen LogP contribution in [0.4, 0.5) is 0 Å². The van der Waals surface area contributed by atoms with Gasteiger partial charge in [0.1, 0.15) is 0 Å². The Balaban J connectivity index is 3.24. The summed E-state index contributed by atoms with van der Waals surface area (Å²) in [7, 11) is 0. The zero-order valence-corrected chi connectivity index (χ0v) is 8.58. The predicted molar refractivity (Wildman–Crippen MR) is 61.8 cm³/mol. The monoisotopic (exact) mass is 176 g/mol. The van der Waals surface area contributed by atoms with Crippen molar-refractivity contribution in [2.45, 2.75) is 32.6 Å². The molecule has 0 saturated heterocycles. The molecule has 0 bridgehead atoms. The third kappa shape index (κ3) is 11.0. The highest BCUT2D eigenvalue weighted by Gasteiger charge is 1.75. The van der Waals surface area contributed by atoms with Gasteiger partial charge in [0.15, 0.2) is 0 Å². The van der Waals surface area contributed by atoms with E-state index in [2.05, 4.69) is 43.0 Å². The Labute approximate surface area is 82.4 Å². The number of hydrogen-bond donors (Lipinski definition) is 0. The highest BCUT2D eigenvalue weighted by molar-refractivity contribution is 4.94. The Kier molecular flexibility index (Phi) is 10.1. The summed E-state index contributed by atoms with van der Waals surface area (Å²) in [6.07, 6.45) is 19.3. The van der Waals surface area contributed by atoms with Crippen LogP contribution in [0.5, 0.6) is 0 Å². The summed E-state index contributed by atoms with van der Waals surface area (Å²) in [5, 5.41) is 0. The SMILES string of the molecule is C=CCC=CCCC=CCC=CC. The van der Waals surface area contributed by atoms with E-state index in [4.69, 9.17) is 0 Å². The number of allylic oxidation sites excluding steroid dienone is 7. The summed E-state index contributed by atoms with van der Waals surface area (Å²) in [6.45, 7) is 5.70. The van der Waals surface area contributed by atoms with Gasteiger partial charge in [0.05, 0.1) is 0 Å². The van der Waals surface area contributed by atoms with E-state index in [-0.39, 0.29) is 0 Å². The van der Waals surface area contributed by atoms with Crippen molar-refractivity contribution in [2.75, 3.05) is 0 Å². The van der Waals surface area contributed by atoms with Crippen LogP contribution in [0.15, 0.2) is 49.1 Å². The van der Waals surface area contributed by atoms with Gasteiger partial charge in [-0.2, -0.15) is 0 Å². The Morgan fingerprint density at radius 3 is 2.00 bits per heavy atom. The van der Waals surface area contributed by atoms with Crippen LogP contribution in [0.3, 0.4) is 0 Å². The van der Waals surface area contributed by atoms with Crippen molar-refractivity contribution in [3.05, 3.63) is 49.1 Å². The third-order valence-electron chi connectivity index (χ3n) is 1.64. The maximum Gasteiger partial charge on any atom is -0.0169 e. The van der Waals surface area contributed by atoms with Crippen molar-refractivity contribution in [3.8, 4) is 0 Å². The minimum absolute atomic E-state index is 0.988. The van der Waals surface area contributed by atoms with Crippen LogP contribution in [0.2, 0.25) is 0 Å². The highest BCUT2D eigenvalue weighted by atomic mass is 13.8. The molecule has 0 aromatic carbocycles. The van der Waals surface area contributed by atoms with Crippen molar-refractivity contribution >= 4 is 0 Å². The maximum absolute atomic E-state index is 3.66. The van der Waals surface area contributed by atoms with E-state index in [1.807, 2.05) is 13.0 Å². The van der Waals surface area contributed by atoms with Crippen LogP contribution < -0.4 is 0 Å². The molecule has 72 valence electrons. The molecule has 0 heterocycles. The molecule has 0 aromatic heterocycles. The van der Waals surface area contributed by atoms with Crippen LogP contribution in [0.1, 0.15) is 32.6 Å². The minimum atomic E-state index is 0.988. The lowest BCUT2D eigenvalue weighted by Crippen LogP contribution is -1.65. The second kappa shape index (κ2) is 11.0. The molecule has 0 atom stereocenters. The quantitative estimate of drug-likeness (QED) is 0.398. The fourth-order valence-electron chi connectivity index (χ4n) is 0.931. The lowest BCUT2D eigenvalue weighted by molar-refractivity contribution is 1.04. The van der Waals surface area contributed by atoms with Gasteiger partial charge in [-0.05, 0) is 32.6 Å². The minimum Gasteiger partial charge on any atom is -0.103 e. The van der Waals surface area contributed by atoms with Gasteiger partial charge in [-0.15, -0.1) is 6.58 Å². The van der Waals surface area contributed by atoms with Crippen molar-refractivity contribution in [1.29, 1.82) is 0 Å². The van der Waals surface area contributed by atoms with Crippen LogP contribution in [-0.4, -0.2) is 0 Å². The lowest BCUT2D eigenvalue weighted by atomic mass is 10.2. The molecule has 0 aromatic rings. The lowest BCUT2D eigenvalue weighted by Gasteiger charge is -1.86. The molecule has 0 N–H and O–H groups in total. The van der Waals surface area contributed by atoms with Gasteiger partial charge in [0.25, 0.3) is 0 Å². The van der Waals surface area contributed by atoms with E-state index in [1.54, 1.807) is 0 Å². The van der Waals surface area contributed by atoms with E-state index >= 15 is 0 Å². The average Bonchev–Trinajstić information content (AvgIpc) is 2.16. The van der Waals surface area contributed by atoms with Gasteiger partial charge in [0, 0.05) is 0 Å². The van der Waals surface area contributed by atoms with E-state index < -0.39 is 0 Å². The normalized spacial score (nSPS) is 12.1. The molecule has 0 aliphatic rings. The zero-order chi connectivity index (χ0) is 9.78. The fraction of sp³-hybridized carbons (Fsp3) is 0.385. The fourth-order valence-corrected chi connectivity index (χ4v) is 0.931. The zero-order valence-electron chi connectivity index (χ0n) is 8.58. The number of rotatable bonds is 7. The Morgan fingerprint density at radius 2 is 1.46 bits per heavy atom. The van der Waals surface area contributed by atoms with Crippen molar-refractivity contribution in [2.24, 2.45) is 0 Å².